The molecule has 7 heteroatoms. The van der Waals surface area contributed by atoms with Crippen LogP contribution in [0.2, 0.25) is 10.0 Å². The summed E-state index contributed by atoms with van der Waals surface area (Å²) in [5, 5.41) is 6.21. The van der Waals surface area contributed by atoms with E-state index in [0.29, 0.717) is 10.6 Å². The lowest BCUT2D eigenvalue weighted by Crippen LogP contribution is -2.30. The van der Waals surface area contributed by atoms with E-state index in [1.807, 2.05) is 30.5 Å². The maximum Gasteiger partial charge on any atom is 0.238 e. The molecule has 0 bridgehead atoms. The van der Waals surface area contributed by atoms with E-state index in [1.165, 1.54) is 12.1 Å². The van der Waals surface area contributed by atoms with Crippen molar-refractivity contribution in [3.8, 4) is 0 Å². The standard InChI is InChI=1S/C17H17Cl2FN2OS/c1-10(11-7-14(20)13(19)8-12(11)18)21-9-17(23)22-15-5-3-4-6-16(15)24-2/h3-8,10,21H,9H2,1-2H3,(H,22,23)/t10-/m0/s1. The van der Waals surface area contributed by atoms with E-state index >= 15 is 0 Å². The van der Waals surface area contributed by atoms with Crippen LogP contribution >= 0.6 is 35.0 Å². The average Bonchev–Trinajstić information content (AvgIpc) is 2.56. The smallest absolute Gasteiger partial charge is 0.238 e. The summed E-state index contributed by atoms with van der Waals surface area (Å²) in [6.07, 6.45) is 1.95. The molecule has 0 unspecified atom stereocenters. The number of benzene rings is 2. The SMILES string of the molecule is CSc1ccccc1NC(=O)CN[C@@H](C)c1cc(F)c(Cl)cc1Cl. The lowest BCUT2D eigenvalue weighted by molar-refractivity contribution is -0.115. The first kappa shape index (κ1) is 19.1. The Labute approximate surface area is 154 Å². The Morgan fingerprint density at radius 1 is 1.25 bits per heavy atom. The van der Waals surface area contributed by atoms with Gasteiger partial charge in [0.25, 0.3) is 0 Å². The van der Waals surface area contributed by atoms with Gasteiger partial charge in [0.05, 0.1) is 17.3 Å². The molecule has 0 saturated carbocycles. The molecule has 1 atom stereocenters. The lowest BCUT2D eigenvalue weighted by Gasteiger charge is -2.16. The Kier molecular flexibility index (Phi) is 6.92. The number of halogens is 3. The molecular formula is C17H17Cl2FN2OS. The van der Waals surface area contributed by atoms with Crippen LogP contribution in [0.3, 0.4) is 0 Å². The highest BCUT2D eigenvalue weighted by Gasteiger charge is 2.14. The molecule has 0 saturated heterocycles. The first-order valence-corrected chi connectivity index (χ1v) is 9.21. The molecule has 0 heterocycles. The molecule has 2 aromatic carbocycles. The maximum absolute atomic E-state index is 13.6. The monoisotopic (exact) mass is 386 g/mol. The largest absolute Gasteiger partial charge is 0.324 e. The number of hydrogen-bond donors (Lipinski definition) is 2. The normalized spacial score (nSPS) is 12.0. The van der Waals surface area contributed by atoms with Crippen LogP contribution in [-0.2, 0) is 4.79 Å². The molecule has 2 rings (SSSR count). The van der Waals surface area contributed by atoms with Crippen molar-refractivity contribution in [3.63, 3.8) is 0 Å². The van der Waals surface area contributed by atoms with Gasteiger partial charge in [-0.1, -0.05) is 35.3 Å². The highest BCUT2D eigenvalue weighted by molar-refractivity contribution is 7.98. The van der Waals surface area contributed by atoms with Gasteiger partial charge in [0, 0.05) is 16.0 Å². The van der Waals surface area contributed by atoms with Gasteiger partial charge >= 0.3 is 0 Å². The molecule has 0 fully saturated rings. The van der Waals surface area contributed by atoms with Crippen molar-refractivity contribution < 1.29 is 9.18 Å². The van der Waals surface area contributed by atoms with Gasteiger partial charge in [-0.25, -0.2) is 4.39 Å². The van der Waals surface area contributed by atoms with Crippen LogP contribution in [0.1, 0.15) is 18.5 Å². The van der Waals surface area contributed by atoms with E-state index < -0.39 is 5.82 Å². The summed E-state index contributed by atoms with van der Waals surface area (Å²) in [6, 6.07) is 9.90. The van der Waals surface area contributed by atoms with Gasteiger partial charge < -0.3 is 10.6 Å². The van der Waals surface area contributed by atoms with Gasteiger partial charge in [-0.05, 0) is 43.0 Å². The second-order valence-corrected chi connectivity index (χ2v) is 6.80. The van der Waals surface area contributed by atoms with Crippen LogP contribution in [0.5, 0.6) is 0 Å². The summed E-state index contributed by atoms with van der Waals surface area (Å²) in [5.41, 5.74) is 1.32. The molecule has 128 valence electrons. The van der Waals surface area contributed by atoms with Gasteiger partial charge in [-0.15, -0.1) is 11.8 Å². The molecule has 0 aliphatic heterocycles. The molecule has 3 nitrogen and oxygen atoms in total. The minimum atomic E-state index is -0.539. The Morgan fingerprint density at radius 2 is 1.96 bits per heavy atom. The first-order chi connectivity index (χ1) is 11.4. The van der Waals surface area contributed by atoms with E-state index in [4.69, 9.17) is 23.2 Å². The lowest BCUT2D eigenvalue weighted by atomic mass is 10.1. The number of rotatable bonds is 6. The van der Waals surface area contributed by atoms with Crippen LogP contribution in [-0.4, -0.2) is 18.7 Å². The molecule has 1 amide bonds. The number of thioether (sulfide) groups is 1. The number of carbonyl (C=O) groups excluding carboxylic acids is 1. The summed E-state index contributed by atoms with van der Waals surface area (Å²) < 4.78 is 13.6. The second-order valence-electron chi connectivity index (χ2n) is 5.14. The fourth-order valence-electron chi connectivity index (χ4n) is 2.17. The molecule has 2 N–H and O–H groups in total. The summed E-state index contributed by atoms with van der Waals surface area (Å²) in [6.45, 7) is 1.88. The molecule has 24 heavy (non-hydrogen) atoms. The Bertz CT molecular complexity index is 743. The Balaban J connectivity index is 1.97. The summed E-state index contributed by atoms with van der Waals surface area (Å²) in [4.78, 5) is 13.1. The van der Waals surface area contributed by atoms with E-state index in [0.717, 1.165) is 10.6 Å². The molecule has 0 aromatic heterocycles. The fourth-order valence-corrected chi connectivity index (χ4v) is 3.27. The summed E-state index contributed by atoms with van der Waals surface area (Å²) >= 11 is 13.3. The van der Waals surface area contributed by atoms with Crippen LogP contribution in [0, 0.1) is 5.82 Å². The summed E-state index contributed by atoms with van der Waals surface area (Å²) in [5.74, 6) is -0.725. The fraction of sp³-hybridized carbons (Fsp3) is 0.235. The highest BCUT2D eigenvalue weighted by Crippen LogP contribution is 2.28. The minimum Gasteiger partial charge on any atom is -0.324 e. The predicted molar refractivity (Wildman–Crippen MR) is 99.7 cm³/mol. The van der Waals surface area contributed by atoms with E-state index in [9.17, 15) is 9.18 Å². The quantitative estimate of drug-likeness (QED) is 0.533. The number of nitrogens with one attached hydrogen (secondary N) is 2. The second kappa shape index (κ2) is 8.72. The van der Waals surface area contributed by atoms with Crippen LogP contribution in [0.25, 0.3) is 0 Å². The predicted octanol–water partition coefficient (Wildman–Crippen LogP) is 5.14. The number of hydrogen-bond acceptors (Lipinski definition) is 3. The Hall–Kier alpha value is -1.27. The third-order valence-corrected chi connectivity index (χ3v) is 4.87. The molecular weight excluding hydrogens is 370 g/mol. The van der Waals surface area contributed by atoms with Gasteiger partial charge in [-0.3, -0.25) is 4.79 Å². The van der Waals surface area contributed by atoms with Crippen molar-refractivity contribution >= 4 is 46.6 Å². The molecule has 0 radical (unpaired) electrons. The molecule has 2 aromatic rings. The van der Waals surface area contributed by atoms with Crippen molar-refractivity contribution in [1.82, 2.24) is 5.32 Å². The maximum atomic E-state index is 13.6. The number of anilines is 1. The van der Waals surface area contributed by atoms with E-state index in [1.54, 1.807) is 18.7 Å². The number of amides is 1. The van der Waals surface area contributed by atoms with Crippen molar-refractivity contribution in [2.75, 3.05) is 18.1 Å². The number of para-hydroxylation sites is 1. The number of carbonyl (C=O) groups is 1. The van der Waals surface area contributed by atoms with Crippen molar-refractivity contribution in [2.45, 2.75) is 17.9 Å². The van der Waals surface area contributed by atoms with Gasteiger partial charge in [0.1, 0.15) is 5.82 Å². The van der Waals surface area contributed by atoms with Crippen molar-refractivity contribution in [3.05, 3.63) is 57.8 Å². The van der Waals surface area contributed by atoms with Gasteiger partial charge in [0.15, 0.2) is 0 Å². The zero-order chi connectivity index (χ0) is 17.7. The zero-order valence-corrected chi connectivity index (χ0v) is 15.5. The van der Waals surface area contributed by atoms with Gasteiger partial charge in [0.2, 0.25) is 5.91 Å². The highest BCUT2D eigenvalue weighted by atomic mass is 35.5. The third-order valence-electron chi connectivity index (χ3n) is 3.46. The van der Waals surface area contributed by atoms with Crippen molar-refractivity contribution in [2.24, 2.45) is 0 Å². The molecule has 0 spiro atoms. The Morgan fingerprint density at radius 3 is 2.67 bits per heavy atom. The van der Waals surface area contributed by atoms with Crippen molar-refractivity contribution in [1.29, 1.82) is 0 Å². The third kappa shape index (κ3) is 4.86. The van der Waals surface area contributed by atoms with E-state index in [-0.39, 0.29) is 23.5 Å². The topological polar surface area (TPSA) is 41.1 Å². The minimum absolute atomic E-state index is 0.0256. The van der Waals surface area contributed by atoms with Gasteiger partial charge in [-0.2, -0.15) is 0 Å². The first-order valence-electron chi connectivity index (χ1n) is 7.23. The zero-order valence-electron chi connectivity index (χ0n) is 13.2. The average molecular weight is 387 g/mol. The van der Waals surface area contributed by atoms with E-state index in [2.05, 4.69) is 10.6 Å². The molecule has 0 aliphatic rings. The summed E-state index contributed by atoms with van der Waals surface area (Å²) in [7, 11) is 0. The van der Waals surface area contributed by atoms with Crippen LogP contribution < -0.4 is 10.6 Å². The molecule has 0 aliphatic carbocycles. The van der Waals surface area contributed by atoms with Crippen LogP contribution in [0.15, 0.2) is 41.3 Å². The van der Waals surface area contributed by atoms with Crippen LogP contribution in [0.4, 0.5) is 10.1 Å².